The second-order valence-corrected chi connectivity index (χ2v) is 5.85. The lowest BCUT2D eigenvalue weighted by Gasteiger charge is -2.19. The molecule has 0 radical (unpaired) electrons. The number of carbonyl (C=O) groups excluding carboxylic acids is 2. The summed E-state index contributed by atoms with van der Waals surface area (Å²) in [7, 11) is 0. The second-order valence-electron chi connectivity index (χ2n) is 5.85. The van der Waals surface area contributed by atoms with E-state index in [2.05, 4.69) is 18.8 Å². The molecule has 0 saturated heterocycles. The Bertz CT molecular complexity index is 557. The summed E-state index contributed by atoms with van der Waals surface area (Å²) in [5.41, 5.74) is 1.95. The molecule has 5 nitrogen and oxygen atoms in total. The highest BCUT2D eigenvalue weighted by Gasteiger charge is 2.31. The van der Waals surface area contributed by atoms with Crippen LogP contribution in [-0.4, -0.2) is 41.5 Å². The zero-order valence-corrected chi connectivity index (χ0v) is 13.5. The van der Waals surface area contributed by atoms with Gasteiger partial charge in [-0.1, -0.05) is 38.1 Å². The average molecular weight is 316 g/mol. The van der Waals surface area contributed by atoms with Crippen LogP contribution >= 0.6 is 0 Å². The van der Waals surface area contributed by atoms with Crippen molar-refractivity contribution < 1.29 is 14.7 Å². The number of rotatable bonds is 8. The van der Waals surface area contributed by atoms with Crippen molar-refractivity contribution in [3.63, 3.8) is 0 Å². The normalized spacial score (nSPS) is 14.8. The van der Waals surface area contributed by atoms with Crippen LogP contribution < -0.4 is 5.32 Å². The van der Waals surface area contributed by atoms with Crippen LogP contribution in [0.3, 0.4) is 0 Å². The van der Waals surface area contributed by atoms with E-state index in [1.807, 2.05) is 12.1 Å². The van der Waals surface area contributed by atoms with Gasteiger partial charge in [0.1, 0.15) is 6.54 Å². The number of carbonyl (C=O) groups is 2. The summed E-state index contributed by atoms with van der Waals surface area (Å²) in [6.45, 7) is 6.63. The van der Waals surface area contributed by atoms with Crippen molar-refractivity contribution in [1.82, 2.24) is 10.2 Å². The first-order valence-electron chi connectivity index (χ1n) is 8.06. The number of nitrogens with zero attached hydrogens (tertiary/aromatic N) is 1. The molecule has 0 fully saturated rings. The molecule has 2 amide bonds. The van der Waals surface area contributed by atoms with E-state index in [-0.39, 0.29) is 30.9 Å². The molecule has 0 aliphatic carbocycles. The molecule has 0 saturated carbocycles. The minimum absolute atomic E-state index is 0.0235. The number of hydrogen-bond donors (Lipinski definition) is 2. The molecule has 1 aromatic carbocycles. The molecule has 1 aliphatic heterocycles. The Labute approximate surface area is 137 Å². The quantitative estimate of drug-likeness (QED) is 0.771. The maximum atomic E-state index is 12.3. The van der Waals surface area contributed by atoms with Gasteiger partial charge in [-0.3, -0.25) is 14.5 Å². The minimum Gasteiger partial charge on any atom is -0.396 e. The van der Waals surface area contributed by atoms with Gasteiger partial charge in [-0.15, -0.1) is 0 Å². The van der Waals surface area contributed by atoms with Crippen LogP contribution in [0.25, 0.3) is 5.70 Å². The number of fused-ring (bicyclic) bond motifs is 1. The summed E-state index contributed by atoms with van der Waals surface area (Å²) in [6.07, 6.45) is 2.65. The van der Waals surface area contributed by atoms with Gasteiger partial charge in [0.2, 0.25) is 5.91 Å². The van der Waals surface area contributed by atoms with Gasteiger partial charge in [0.25, 0.3) is 5.91 Å². The summed E-state index contributed by atoms with van der Waals surface area (Å²) >= 11 is 0. The molecule has 5 heteroatoms. The zero-order valence-electron chi connectivity index (χ0n) is 13.5. The molecule has 1 aliphatic rings. The van der Waals surface area contributed by atoms with Crippen molar-refractivity contribution in [3.05, 3.63) is 42.0 Å². The standard InChI is InChI=1S/C18H24N2O3/c1-3-6-14(9-10-21)11-19-17(22)12-20-13(2)15-7-4-5-8-16(15)18(20)23/h4-5,7-8,14,21H,2-3,6,9-12H2,1H3,(H,19,22). The maximum absolute atomic E-state index is 12.3. The first kappa shape index (κ1) is 17.2. The Morgan fingerprint density at radius 2 is 2.00 bits per heavy atom. The van der Waals surface area contributed by atoms with Crippen molar-refractivity contribution in [3.8, 4) is 0 Å². The van der Waals surface area contributed by atoms with E-state index >= 15 is 0 Å². The van der Waals surface area contributed by atoms with Crippen molar-refractivity contribution in [2.75, 3.05) is 19.7 Å². The lowest BCUT2D eigenvalue weighted by molar-refractivity contribution is -0.121. The molecule has 0 spiro atoms. The number of benzene rings is 1. The van der Waals surface area contributed by atoms with Crippen LogP contribution in [0, 0.1) is 5.92 Å². The second kappa shape index (κ2) is 7.92. The van der Waals surface area contributed by atoms with Crippen molar-refractivity contribution in [1.29, 1.82) is 0 Å². The molecule has 1 aromatic rings. The highest BCUT2D eigenvalue weighted by Crippen LogP contribution is 2.30. The van der Waals surface area contributed by atoms with Gasteiger partial charge in [0.15, 0.2) is 0 Å². The van der Waals surface area contributed by atoms with Crippen molar-refractivity contribution in [2.24, 2.45) is 5.92 Å². The van der Waals surface area contributed by atoms with Gasteiger partial charge in [0.05, 0.1) is 0 Å². The lowest BCUT2D eigenvalue weighted by atomic mass is 10.0. The molecule has 2 N–H and O–H groups in total. The van der Waals surface area contributed by atoms with Gasteiger partial charge in [0, 0.05) is 30.0 Å². The largest absolute Gasteiger partial charge is 0.396 e. The lowest BCUT2D eigenvalue weighted by Crippen LogP contribution is -2.39. The van der Waals surface area contributed by atoms with E-state index < -0.39 is 0 Å². The van der Waals surface area contributed by atoms with E-state index in [9.17, 15) is 9.59 Å². The molecule has 0 aromatic heterocycles. The fourth-order valence-corrected chi connectivity index (χ4v) is 2.90. The summed E-state index contributed by atoms with van der Waals surface area (Å²) in [5.74, 6) is -0.115. The van der Waals surface area contributed by atoms with E-state index in [0.29, 0.717) is 24.2 Å². The van der Waals surface area contributed by atoms with Gasteiger partial charge < -0.3 is 10.4 Å². The third-order valence-corrected chi connectivity index (χ3v) is 4.16. The number of aliphatic hydroxyl groups is 1. The highest BCUT2D eigenvalue weighted by molar-refractivity contribution is 6.10. The monoisotopic (exact) mass is 316 g/mol. The summed E-state index contributed by atoms with van der Waals surface area (Å²) < 4.78 is 0. The van der Waals surface area contributed by atoms with Crippen LogP contribution in [0.5, 0.6) is 0 Å². The molecule has 1 atom stereocenters. The summed E-state index contributed by atoms with van der Waals surface area (Å²) in [5, 5.41) is 11.9. The zero-order chi connectivity index (χ0) is 16.8. The van der Waals surface area contributed by atoms with E-state index in [1.54, 1.807) is 12.1 Å². The Kier molecular flexibility index (Phi) is 5.93. The fourth-order valence-electron chi connectivity index (χ4n) is 2.90. The fraction of sp³-hybridized carbons (Fsp3) is 0.444. The third-order valence-electron chi connectivity index (χ3n) is 4.16. The highest BCUT2D eigenvalue weighted by atomic mass is 16.3. The third kappa shape index (κ3) is 3.99. The average Bonchev–Trinajstić information content (AvgIpc) is 2.79. The summed E-state index contributed by atoms with van der Waals surface area (Å²) in [6, 6.07) is 7.24. The van der Waals surface area contributed by atoms with Crippen molar-refractivity contribution in [2.45, 2.75) is 26.2 Å². The molecule has 124 valence electrons. The smallest absolute Gasteiger partial charge is 0.259 e. The van der Waals surface area contributed by atoms with E-state index in [0.717, 1.165) is 18.4 Å². The first-order chi connectivity index (χ1) is 11.1. The topological polar surface area (TPSA) is 69.6 Å². The van der Waals surface area contributed by atoms with E-state index in [4.69, 9.17) is 5.11 Å². The number of hydrogen-bond acceptors (Lipinski definition) is 3. The van der Waals surface area contributed by atoms with Crippen LogP contribution in [0.4, 0.5) is 0 Å². The molecular formula is C18H24N2O3. The minimum atomic E-state index is -0.202. The van der Waals surface area contributed by atoms with Crippen LogP contribution in [0.1, 0.15) is 42.1 Å². The number of nitrogens with one attached hydrogen (secondary N) is 1. The van der Waals surface area contributed by atoms with Crippen LogP contribution in [-0.2, 0) is 4.79 Å². The predicted molar refractivity (Wildman–Crippen MR) is 89.6 cm³/mol. The molecule has 23 heavy (non-hydrogen) atoms. The van der Waals surface area contributed by atoms with Crippen LogP contribution in [0.15, 0.2) is 30.8 Å². The van der Waals surface area contributed by atoms with Crippen LogP contribution in [0.2, 0.25) is 0 Å². The summed E-state index contributed by atoms with van der Waals surface area (Å²) in [4.78, 5) is 25.9. The molecule has 0 bridgehead atoms. The Balaban J connectivity index is 1.91. The maximum Gasteiger partial charge on any atom is 0.259 e. The molecule has 1 unspecified atom stereocenters. The molecule has 1 heterocycles. The number of amides is 2. The first-order valence-corrected chi connectivity index (χ1v) is 8.06. The molecular weight excluding hydrogens is 292 g/mol. The Hall–Kier alpha value is -2.14. The van der Waals surface area contributed by atoms with Gasteiger partial charge >= 0.3 is 0 Å². The Morgan fingerprint density at radius 1 is 1.30 bits per heavy atom. The predicted octanol–water partition coefficient (Wildman–Crippen LogP) is 2.03. The van der Waals surface area contributed by atoms with Gasteiger partial charge in [-0.05, 0) is 24.8 Å². The number of aliphatic hydroxyl groups excluding tert-OH is 1. The Morgan fingerprint density at radius 3 is 2.61 bits per heavy atom. The molecule has 2 rings (SSSR count). The van der Waals surface area contributed by atoms with Crippen molar-refractivity contribution >= 4 is 17.5 Å². The van der Waals surface area contributed by atoms with Gasteiger partial charge in [-0.2, -0.15) is 0 Å². The van der Waals surface area contributed by atoms with Gasteiger partial charge in [-0.25, -0.2) is 0 Å². The van der Waals surface area contributed by atoms with E-state index in [1.165, 1.54) is 4.90 Å². The SMILES string of the molecule is C=C1c2ccccc2C(=O)N1CC(=O)NCC(CCC)CCO.